The van der Waals surface area contributed by atoms with Crippen molar-refractivity contribution in [2.24, 2.45) is 0 Å². The molecule has 0 radical (unpaired) electrons. The zero-order chi connectivity index (χ0) is 13.7. The fourth-order valence-electron chi connectivity index (χ4n) is 2.19. The lowest BCUT2D eigenvalue weighted by Crippen LogP contribution is -2.46. The lowest BCUT2D eigenvalue weighted by Gasteiger charge is -2.34. The summed E-state index contributed by atoms with van der Waals surface area (Å²) in [6.07, 6.45) is 1.04. The summed E-state index contributed by atoms with van der Waals surface area (Å²) < 4.78 is 7.12. The van der Waals surface area contributed by atoms with E-state index in [9.17, 15) is 4.79 Å². The van der Waals surface area contributed by atoms with Gasteiger partial charge in [-0.15, -0.1) is 5.10 Å². The average Bonchev–Trinajstić information content (AvgIpc) is 2.79. The highest BCUT2D eigenvalue weighted by Gasteiger charge is 2.26. The highest BCUT2D eigenvalue weighted by molar-refractivity contribution is 5.67. The van der Waals surface area contributed by atoms with Gasteiger partial charge in [0, 0.05) is 19.1 Å². The summed E-state index contributed by atoms with van der Waals surface area (Å²) in [5.41, 5.74) is 0. The molecule has 1 saturated heterocycles. The summed E-state index contributed by atoms with van der Waals surface area (Å²) >= 11 is 0. The van der Waals surface area contributed by atoms with Crippen LogP contribution in [0.4, 0.5) is 0 Å². The van der Waals surface area contributed by atoms with Gasteiger partial charge in [-0.25, -0.2) is 4.68 Å². The molecule has 1 N–H and O–H groups in total. The zero-order valence-corrected chi connectivity index (χ0v) is 11.0. The largest absolute Gasteiger partial charge is 0.481 e. The van der Waals surface area contributed by atoms with E-state index >= 15 is 0 Å². The quantitative estimate of drug-likeness (QED) is 0.761. The molecule has 1 fully saturated rings. The summed E-state index contributed by atoms with van der Waals surface area (Å²) in [4.78, 5) is 12.9. The van der Waals surface area contributed by atoms with E-state index < -0.39 is 5.97 Å². The Morgan fingerprint density at radius 3 is 3.16 bits per heavy atom. The zero-order valence-electron chi connectivity index (χ0n) is 11.0. The molecule has 1 aliphatic rings. The van der Waals surface area contributed by atoms with Crippen LogP contribution in [0.2, 0.25) is 0 Å². The predicted octanol–water partition coefficient (Wildman–Crippen LogP) is -0.241. The van der Waals surface area contributed by atoms with Crippen molar-refractivity contribution in [1.82, 2.24) is 25.1 Å². The third kappa shape index (κ3) is 3.71. The van der Waals surface area contributed by atoms with Crippen LogP contribution in [-0.4, -0.2) is 62.0 Å². The van der Waals surface area contributed by atoms with Crippen molar-refractivity contribution in [2.75, 3.05) is 19.8 Å². The van der Waals surface area contributed by atoms with Gasteiger partial charge in [0.25, 0.3) is 0 Å². The maximum atomic E-state index is 10.9. The normalized spacial score (nSPS) is 20.6. The fraction of sp³-hybridized carbons (Fsp3) is 0.818. The molecule has 2 heterocycles. The molecule has 1 aromatic heterocycles. The van der Waals surface area contributed by atoms with Gasteiger partial charge < -0.3 is 9.84 Å². The van der Waals surface area contributed by atoms with Gasteiger partial charge in [-0.3, -0.25) is 9.69 Å². The summed E-state index contributed by atoms with van der Waals surface area (Å²) in [5.74, 6) is -0.0345. The molecule has 8 nitrogen and oxygen atoms in total. The number of tetrazole rings is 1. The number of morpholine rings is 1. The van der Waals surface area contributed by atoms with E-state index in [1.54, 1.807) is 4.68 Å². The van der Waals surface area contributed by atoms with Gasteiger partial charge in [0.05, 0.1) is 26.2 Å². The van der Waals surface area contributed by atoms with Crippen LogP contribution in [0.15, 0.2) is 0 Å². The number of aryl methyl sites for hydroxylation is 1. The first kappa shape index (κ1) is 13.9. The number of rotatable bonds is 6. The van der Waals surface area contributed by atoms with Gasteiger partial charge in [-0.1, -0.05) is 6.92 Å². The molecule has 106 valence electrons. The Labute approximate surface area is 111 Å². The minimum Gasteiger partial charge on any atom is -0.481 e. The molecule has 1 unspecified atom stereocenters. The summed E-state index contributed by atoms with van der Waals surface area (Å²) in [7, 11) is 0. The van der Waals surface area contributed by atoms with Crippen molar-refractivity contribution in [3.63, 3.8) is 0 Å². The molecule has 2 rings (SSSR count). The Balaban J connectivity index is 2.02. The van der Waals surface area contributed by atoms with Gasteiger partial charge in [0.15, 0.2) is 5.82 Å². The van der Waals surface area contributed by atoms with E-state index in [0.29, 0.717) is 26.3 Å². The first-order chi connectivity index (χ1) is 9.20. The van der Waals surface area contributed by atoms with E-state index in [1.807, 2.05) is 0 Å². The maximum Gasteiger partial charge on any atom is 0.305 e. The monoisotopic (exact) mass is 269 g/mol. The summed E-state index contributed by atoms with van der Waals surface area (Å²) in [6.45, 7) is 5.17. The number of carbonyl (C=O) groups is 1. The molecule has 0 aromatic carbocycles. The average molecular weight is 269 g/mol. The minimum absolute atomic E-state index is 0.0787. The molecule has 19 heavy (non-hydrogen) atoms. The van der Waals surface area contributed by atoms with Crippen molar-refractivity contribution >= 4 is 5.97 Å². The second-order valence-corrected chi connectivity index (χ2v) is 4.62. The smallest absolute Gasteiger partial charge is 0.305 e. The number of aliphatic carboxylic acids is 1. The van der Waals surface area contributed by atoms with E-state index in [4.69, 9.17) is 9.84 Å². The van der Waals surface area contributed by atoms with Gasteiger partial charge in [0.1, 0.15) is 0 Å². The first-order valence-electron chi connectivity index (χ1n) is 6.49. The molecule has 8 heteroatoms. The Morgan fingerprint density at radius 1 is 1.58 bits per heavy atom. The lowest BCUT2D eigenvalue weighted by molar-refractivity contribution is -0.140. The van der Waals surface area contributed by atoms with E-state index in [-0.39, 0.29) is 12.5 Å². The SMILES string of the molecule is CCCn1nnnc1CN1CCOCC1CC(=O)O. The molecule has 0 bridgehead atoms. The fourth-order valence-corrected chi connectivity index (χ4v) is 2.19. The topological polar surface area (TPSA) is 93.4 Å². The van der Waals surface area contributed by atoms with Crippen molar-refractivity contribution in [2.45, 2.75) is 38.9 Å². The molecule has 1 atom stereocenters. The molecule has 0 saturated carbocycles. The number of hydrogen-bond acceptors (Lipinski definition) is 6. The van der Waals surface area contributed by atoms with Crippen LogP contribution in [0, 0.1) is 0 Å². The first-order valence-corrected chi connectivity index (χ1v) is 6.49. The molecule has 1 aromatic rings. The number of carboxylic acids is 1. The van der Waals surface area contributed by atoms with E-state index in [2.05, 4.69) is 27.3 Å². The number of aromatic nitrogens is 4. The third-order valence-electron chi connectivity index (χ3n) is 3.15. The molecular formula is C11H19N5O3. The maximum absolute atomic E-state index is 10.9. The summed E-state index contributed by atoms with van der Waals surface area (Å²) in [5, 5.41) is 20.6. The Hall–Kier alpha value is -1.54. The van der Waals surface area contributed by atoms with Crippen LogP contribution < -0.4 is 0 Å². The van der Waals surface area contributed by atoms with Crippen molar-refractivity contribution in [3.8, 4) is 0 Å². The Bertz CT molecular complexity index is 422. The van der Waals surface area contributed by atoms with Crippen LogP contribution in [0.25, 0.3) is 0 Å². The van der Waals surface area contributed by atoms with Crippen LogP contribution in [-0.2, 0) is 22.6 Å². The Morgan fingerprint density at radius 2 is 2.42 bits per heavy atom. The van der Waals surface area contributed by atoms with Gasteiger partial charge in [-0.2, -0.15) is 0 Å². The number of carboxylic acid groups (broad SMARTS) is 1. The molecule has 0 spiro atoms. The molecule has 0 amide bonds. The van der Waals surface area contributed by atoms with Crippen LogP contribution in [0.3, 0.4) is 0 Å². The number of ether oxygens (including phenoxy) is 1. The van der Waals surface area contributed by atoms with Gasteiger partial charge in [-0.05, 0) is 16.8 Å². The van der Waals surface area contributed by atoms with Gasteiger partial charge in [0.2, 0.25) is 0 Å². The van der Waals surface area contributed by atoms with Crippen LogP contribution in [0.1, 0.15) is 25.6 Å². The highest BCUT2D eigenvalue weighted by atomic mass is 16.5. The second-order valence-electron chi connectivity index (χ2n) is 4.62. The van der Waals surface area contributed by atoms with Crippen molar-refractivity contribution < 1.29 is 14.6 Å². The van der Waals surface area contributed by atoms with Crippen LogP contribution in [0.5, 0.6) is 0 Å². The minimum atomic E-state index is -0.811. The van der Waals surface area contributed by atoms with Crippen LogP contribution >= 0.6 is 0 Å². The van der Waals surface area contributed by atoms with E-state index in [0.717, 1.165) is 18.8 Å². The number of nitrogens with zero attached hydrogens (tertiary/aromatic N) is 5. The molecule has 1 aliphatic heterocycles. The lowest BCUT2D eigenvalue weighted by atomic mass is 10.1. The third-order valence-corrected chi connectivity index (χ3v) is 3.15. The van der Waals surface area contributed by atoms with Crippen molar-refractivity contribution in [3.05, 3.63) is 5.82 Å². The van der Waals surface area contributed by atoms with E-state index in [1.165, 1.54) is 0 Å². The van der Waals surface area contributed by atoms with Gasteiger partial charge >= 0.3 is 5.97 Å². The highest BCUT2D eigenvalue weighted by Crippen LogP contribution is 2.13. The molecule has 0 aliphatic carbocycles. The number of hydrogen-bond donors (Lipinski definition) is 1. The summed E-state index contributed by atoms with van der Waals surface area (Å²) in [6, 6.07) is -0.113. The molecular weight excluding hydrogens is 250 g/mol. The Kier molecular flexibility index (Phi) is 4.80. The standard InChI is InChI=1S/C11H19N5O3/c1-2-3-16-10(12-13-14-16)7-15-4-5-19-8-9(15)6-11(17)18/h9H,2-8H2,1H3,(H,17,18). The van der Waals surface area contributed by atoms with Crippen molar-refractivity contribution in [1.29, 1.82) is 0 Å². The predicted molar refractivity (Wildman–Crippen MR) is 65.4 cm³/mol. The second kappa shape index (κ2) is 6.58.